The molecule has 178 valence electrons. The highest BCUT2D eigenvalue weighted by Crippen LogP contribution is 2.21. The Bertz CT molecular complexity index is 782. The fourth-order valence-corrected chi connectivity index (χ4v) is 3.52. The smallest absolute Gasteiger partial charge is 0.407 e. The molecule has 1 aromatic carbocycles. The summed E-state index contributed by atoms with van der Waals surface area (Å²) in [6.07, 6.45) is 1.14. The maximum atomic E-state index is 12.6. The number of hydrogen-bond acceptors (Lipinski definition) is 5. The van der Waals surface area contributed by atoms with Crippen LogP contribution in [0.15, 0.2) is 24.3 Å². The second-order valence-corrected chi connectivity index (χ2v) is 9.51. The van der Waals surface area contributed by atoms with Gasteiger partial charge in [0.15, 0.2) is 0 Å². The van der Waals surface area contributed by atoms with E-state index in [0.29, 0.717) is 36.7 Å². The third-order valence-corrected chi connectivity index (χ3v) is 5.28. The van der Waals surface area contributed by atoms with Crippen LogP contribution in [-0.2, 0) is 14.3 Å². The molecule has 1 fully saturated rings. The molecule has 32 heavy (non-hydrogen) atoms. The van der Waals surface area contributed by atoms with Gasteiger partial charge >= 0.3 is 6.09 Å². The Morgan fingerprint density at radius 2 is 1.94 bits per heavy atom. The molecular formula is C23H34ClN3O5. The first kappa shape index (κ1) is 25.8. The van der Waals surface area contributed by atoms with Crippen LogP contribution in [0.2, 0.25) is 5.02 Å². The quantitative estimate of drug-likeness (QED) is 0.463. The average molecular weight is 468 g/mol. The van der Waals surface area contributed by atoms with Crippen molar-refractivity contribution in [3.05, 3.63) is 29.3 Å². The fourth-order valence-electron chi connectivity index (χ4n) is 3.39. The van der Waals surface area contributed by atoms with E-state index in [2.05, 4.69) is 16.0 Å². The molecule has 1 saturated heterocycles. The van der Waals surface area contributed by atoms with Gasteiger partial charge in [0.2, 0.25) is 11.8 Å². The van der Waals surface area contributed by atoms with Crippen molar-refractivity contribution in [3.63, 3.8) is 0 Å². The summed E-state index contributed by atoms with van der Waals surface area (Å²) < 4.78 is 11.2. The summed E-state index contributed by atoms with van der Waals surface area (Å²) in [5.41, 5.74) is -0.775. The summed E-state index contributed by atoms with van der Waals surface area (Å²) >= 11 is 5.88. The molecule has 0 radical (unpaired) electrons. The molecule has 0 bridgehead atoms. The van der Waals surface area contributed by atoms with Gasteiger partial charge in [-0.15, -0.1) is 0 Å². The molecular weight excluding hydrogens is 434 g/mol. The first-order valence-corrected chi connectivity index (χ1v) is 11.4. The largest absolute Gasteiger partial charge is 0.484 e. The van der Waals surface area contributed by atoms with Gasteiger partial charge in [0.25, 0.3) is 0 Å². The fraction of sp³-hybridized carbons (Fsp3) is 0.609. The molecule has 1 unspecified atom stereocenters. The predicted octanol–water partition coefficient (Wildman–Crippen LogP) is 3.28. The van der Waals surface area contributed by atoms with E-state index >= 15 is 0 Å². The van der Waals surface area contributed by atoms with E-state index in [1.54, 1.807) is 38.1 Å². The van der Waals surface area contributed by atoms with Gasteiger partial charge < -0.3 is 25.4 Å². The third kappa shape index (κ3) is 8.94. The van der Waals surface area contributed by atoms with Gasteiger partial charge in [-0.2, -0.15) is 0 Å². The van der Waals surface area contributed by atoms with Crippen LogP contribution in [0.3, 0.4) is 0 Å². The Morgan fingerprint density at radius 3 is 2.53 bits per heavy atom. The van der Waals surface area contributed by atoms with Crippen LogP contribution >= 0.6 is 11.6 Å². The van der Waals surface area contributed by atoms with Crippen molar-refractivity contribution < 1.29 is 23.9 Å². The van der Waals surface area contributed by atoms with Crippen LogP contribution in [0.25, 0.3) is 0 Å². The van der Waals surface area contributed by atoms with Crippen LogP contribution in [-0.4, -0.2) is 49.2 Å². The van der Waals surface area contributed by atoms with Gasteiger partial charge in [0.05, 0.1) is 0 Å². The molecule has 1 aliphatic rings. The molecule has 2 atom stereocenters. The van der Waals surface area contributed by atoms with Crippen molar-refractivity contribution in [2.24, 2.45) is 11.8 Å². The summed E-state index contributed by atoms with van der Waals surface area (Å²) in [6, 6.07) is 6.19. The van der Waals surface area contributed by atoms with Crippen LogP contribution in [0.5, 0.6) is 5.75 Å². The number of nitrogens with one attached hydrogen (secondary N) is 3. The third-order valence-electron chi connectivity index (χ3n) is 5.03. The van der Waals surface area contributed by atoms with E-state index in [0.717, 1.165) is 6.42 Å². The van der Waals surface area contributed by atoms with Crippen molar-refractivity contribution in [2.75, 3.05) is 19.7 Å². The minimum Gasteiger partial charge on any atom is -0.484 e. The van der Waals surface area contributed by atoms with E-state index < -0.39 is 17.7 Å². The normalized spacial score (nSPS) is 16.9. The summed E-state index contributed by atoms with van der Waals surface area (Å²) in [4.78, 5) is 36.6. The molecule has 3 N–H and O–H groups in total. The van der Waals surface area contributed by atoms with Gasteiger partial charge in [0, 0.05) is 24.0 Å². The highest BCUT2D eigenvalue weighted by atomic mass is 35.5. The molecule has 8 nitrogen and oxygen atoms in total. The number of alkyl carbamates (subject to hydrolysis) is 1. The number of rotatable bonds is 11. The van der Waals surface area contributed by atoms with Crippen molar-refractivity contribution in [1.82, 2.24) is 16.0 Å². The highest BCUT2D eigenvalue weighted by molar-refractivity contribution is 6.30. The second kappa shape index (κ2) is 11.9. The van der Waals surface area contributed by atoms with Gasteiger partial charge in [0.1, 0.15) is 24.0 Å². The maximum Gasteiger partial charge on any atom is 0.407 e. The van der Waals surface area contributed by atoms with Gasteiger partial charge in [-0.1, -0.05) is 25.4 Å². The number of hydrogen-bond donors (Lipinski definition) is 3. The van der Waals surface area contributed by atoms with E-state index in [9.17, 15) is 14.4 Å². The minimum absolute atomic E-state index is 0.00569. The predicted molar refractivity (Wildman–Crippen MR) is 123 cm³/mol. The second-order valence-electron chi connectivity index (χ2n) is 9.07. The van der Waals surface area contributed by atoms with Crippen LogP contribution in [0.1, 0.15) is 47.0 Å². The van der Waals surface area contributed by atoms with Gasteiger partial charge in [-0.05, 0) is 63.3 Å². The van der Waals surface area contributed by atoms with E-state index in [1.807, 2.05) is 13.8 Å². The number of benzene rings is 1. The van der Waals surface area contributed by atoms with Gasteiger partial charge in [-0.25, -0.2) is 4.79 Å². The number of carbonyl (C=O) groups is 3. The molecule has 0 aromatic heterocycles. The topological polar surface area (TPSA) is 106 Å². The Balaban J connectivity index is 1.81. The number of halogens is 1. The maximum absolute atomic E-state index is 12.6. The number of amides is 3. The summed E-state index contributed by atoms with van der Waals surface area (Å²) in [6.45, 7) is 8.59. The lowest BCUT2D eigenvalue weighted by atomic mass is 10.0. The zero-order valence-corrected chi connectivity index (χ0v) is 20.0. The van der Waals surface area contributed by atoms with Crippen LogP contribution in [0.4, 0.5) is 4.79 Å². The van der Waals surface area contributed by atoms with Gasteiger partial charge in [-0.3, -0.25) is 9.59 Å². The van der Waals surface area contributed by atoms with Crippen LogP contribution < -0.4 is 20.7 Å². The standard InChI is InChI=1S/C23H34ClN3O5/c1-15(2)13-19(21(29)26-12-10-16-9-11-25-20(16)28)27-22(30)31-14-23(3,4)32-18-7-5-17(24)6-8-18/h5-8,15-16,19H,9-14H2,1-4H3,(H,25,28)(H,26,29)(H,27,30)/t16?,19-/m0/s1. The summed E-state index contributed by atoms with van der Waals surface area (Å²) in [7, 11) is 0. The zero-order chi connectivity index (χ0) is 23.7. The number of ether oxygens (including phenoxy) is 2. The lowest BCUT2D eigenvalue weighted by Crippen LogP contribution is -2.49. The SMILES string of the molecule is CC(C)C[C@H](NC(=O)OCC(C)(C)Oc1ccc(Cl)cc1)C(=O)NCCC1CCNC1=O. The Morgan fingerprint density at radius 1 is 1.25 bits per heavy atom. The van der Waals surface area contributed by atoms with Crippen molar-refractivity contribution in [1.29, 1.82) is 0 Å². The molecule has 0 saturated carbocycles. The monoisotopic (exact) mass is 467 g/mol. The highest BCUT2D eigenvalue weighted by Gasteiger charge is 2.27. The molecule has 9 heteroatoms. The molecule has 1 aromatic rings. The first-order valence-electron chi connectivity index (χ1n) is 11.0. The molecule has 0 aliphatic carbocycles. The zero-order valence-electron chi connectivity index (χ0n) is 19.2. The lowest BCUT2D eigenvalue weighted by molar-refractivity contribution is -0.125. The van der Waals surface area contributed by atoms with E-state index in [4.69, 9.17) is 21.1 Å². The Kier molecular flexibility index (Phi) is 9.62. The summed E-state index contributed by atoms with van der Waals surface area (Å²) in [5.74, 6) is 0.473. The Labute approximate surface area is 194 Å². The average Bonchev–Trinajstić information content (AvgIpc) is 3.12. The summed E-state index contributed by atoms with van der Waals surface area (Å²) in [5, 5.41) is 8.87. The van der Waals surface area contributed by atoms with E-state index in [1.165, 1.54) is 0 Å². The van der Waals surface area contributed by atoms with E-state index in [-0.39, 0.29) is 30.3 Å². The molecule has 2 rings (SSSR count). The molecule has 0 spiro atoms. The molecule has 3 amide bonds. The lowest BCUT2D eigenvalue weighted by Gasteiger charge is -2.27. The van der Waals surface area contributed by atoms with Crippen molar-refractivity contribution in [2.45, 2.75) is 58.6 Å². The van der Waals surface area contributed by atoms with Crippen molar-refractivity contribution in [3.8, 4) is 5.75 Å². The first-order chi connectivity index (χ1) is 15.1. The molecule has 1 aliphatic heterocycles. The Hall–Kier alpha value is -2.48. The van der Waals surface area contributed by atoms with Crippen molar-refractivity contribution >= 4 is 29.5 Å². The van der Waals surface area contributed by atoms with Crippen LogP contribution in [0, 0.1) is 11.8 Å². The number of carbonyl (C=O) groups excluding carboxylic acids is 3. The molecule has 1 heterocycles. The minimum atomic E-state index is -0.775.